The van der Waals surface area contributed by atoms with Gasteiger partial charge in [-0.2, -0.15) is 0 Å². The van der Waals surface area contributed by atoms with Gasteiger partial charge in [-0.25, -0.2) is 9.18 Å². The number of hydrogen-bond donors (Lipinski definition) is 1. The summed E-state index contributed by atoms with van der Waals surface area (Å²) >= 11 is 0. The van der Waals surface area contributed by atoms with Crippen molar-refractivity contribution in [1.29, 1.82) is 0 Å². The molecule has 1 aromatic rings. The van der Waals surface area contributed by atoms with Crippen LogP contribution in [0, 0.1) is 5.82 Å². The summed E-state index contributed by atoms with van der Waals surface area (Å²) in [5.74, 6) is -0.925. The number of halogens is 1. The summed E-state index contributed by atoms with van der Waals surface area (Å²) in [6, 6.07) is 4.41. The molecular weight excluding hydrogens is 209 g/mol. The second-order valence-electron chi connectivity index (χ2n) is 3.32. The van der Waals surface area contributed by atoms with Gasteiger partial charge in [0.1, 0.15) is 5.82 Å². The number of hydrogen-bond acceptors (Lipinski definition) is 3. The van der Waals surface area contributed by atoms with E-state index < -0.39 is 11.8 Å². The summed E-state index contributed by atoms with van der Waals surface area (Å²) < 4.78 is 17.9. The Hall–Kier alpha value is -1.84. The van der Waals surface area contributed by atoms with E-state index in [9.17, 15) is 9.18 Å². The molecule has 0 aromatic heterocycles. The van der Waals surface area contributed by atoms with Crippen molar-refractivity contribution in [1.82, 2.24) is 0 Å². The van der Waals surface area contributed by atoms with Crippen molar-refractivity contribution in [3.63, 3.8) is 0 Å². The van der Waals surface area contributed by atoms with Crippen molar-refractivity contribution in [3.8, 4) is 0 Å². The summed E-state index contributed by atoms with van der Waals surface area (Å²) in [6.45, 7) is 3.75. The monoisotopic (exact) mass is 223 g/mol. The van der Waals surface area contributed by atoms with E-state index in [1.54, 1.807) is 19.9 Å². The molecule has 0 aliphatic rings. The fourth-order valence-electron chi connectivity index (χ4n) is 1.22. The van der Waals surface area contributed by atoms with Gasteiger partial charge in [0.05, 0.1) is 12.3 Å². The Morgan fingerprint density at radius 2 is 2.25 bits per heavy atom. The van der Waals surface area contributed by atoms with Crippen molar-refractivity contribution < 1.29 is 13.9 Å². The van der Waals surface area contributed by atoms with E-state index in [1.165, 1.54) is 18.2 Å². The maximum atomic E-state index is 13.2. The predicted molar refractivity (Wildman–Crippen MR) is 61.1 cm³/mol. The van der Waals surface area contributed by atoms with E-state index in [-0.39, 0.29) is 5.69 Å². The summed E-state index contributed by atoms with van der Waals surface area (Å²) in [4.78, 5) is 11.2. The quantitative estimate of drug-likeness (QED) is 0.486. The molecule has 0 amide bonds. The van der Waals surface area contributed by atoms with Crippen molar-refractivity contribution in [2.24, 2.45) is 0 Å². The van der Waals surface area contributed by atoms with E-state index in [0.717, 1.165) is 0 Å². The molecule has 0 aliphatic carbocycles. The molecule has 0 radical (unpaired) electrons. The van der Waals surface area contributed by atoms with Crippen LogP contribution in [-0.4, -0.2) is 12.6 Å². The highest BCUT2D eigenvalue weighted by Gasteiger charge is 2.04. The molecule has 86 valence electrons. The van der Waals surface area contributed by atoms with Gasteiger partial charge in [-0.3, -0.25) is 0 Å². The number of ether oxygens (including phenoxy) is 1. The van der Waals surface area contributed by atoms with Gasteiger partial charge in [0.15, 0.2) is 0 Å². The molecule has 0 bridgehead atoms. The fourth-order valence-corrected chi connectivity index (χ4v) is 1.22. The first-order chi connectivity index (χ1) is 7.54. The Kier molecular flexibility index (Phi) is 4.05. The first kappa shape index (κ1) is 12.2. The highest BCUT2D eigenvalue weighted by atomic mass is 19.1. The smallest absolute Gasteiger partial charge is 0.331 e. The molecule has 0 fully saturated rings. The molecule has 1 aromatic carbocycles. The average Bonchev–Trinajstić information content (AvgIpc) is 2.22. The zero-order valence-corrected chi connectivity index (χ0v) is 9.29. The van der Waals surface area contributed by atoms with E-state index in [4.69, 9.17) is 10.5 Å². The van der Waals surface area contributed by atoms with Gasteiger partial charge in [-0.1, -0.05) is 6.07 Å². The van der Waals surface area contributed by atoms with Crippen LogP contribution < -0.4 is 5.73 Å². The standard InChI is InChI=1S/C12H14FNO2/c1-3-16-12(15)6-8(2)9-4-5-11(14)10(13)7-9/h4-7H,3,14H2,1-2H3. The molecular formula is C12H14FNO2. The summed E-state index contributed by atoms with van der Waals surface area (Å²) in [5, 5.41) is 0. The van der Waals surface area contributed by atoms with E-state index in [1.807, 2.05) is 0 Å². The molecule has 0 heterocycles. The van der Waals surface area contributed by atoms with Crippen molar-refractivity contribution in [2.75, 3.05) is 12.3 Å². The highest BCUT2D eigenvalue weighted by Crippen LogP contribution is 2.18. The third-order valence-corrected chi connectivity index (χ3v) is 2.08. The van der Waals surface area contributed by atoms with Gasteiger partial charge >= 0.3 is 5.97 Å². The lowest BCUT2D eigenvalue weighted by Crippen LogP contribution is -2.00. The van der Waals surface area contributed by atoms with Gasteiger partial charge in [0, 0.05) is 6.08 Å². The topological polar surface area (TPSA) is 52.3 Å². The lowest BCUT2D eigenvalue weighted by atomic mass is 10.1. The lowest BCUT2D eigenvalue weighted by molar-refractivity contribution is -0.137. The van der Waals surface area contributed by atoms with Crippen LogP contribution in [0.4, 0.5) is 10.1 Å². The molecule has 0 saturated carbocycles. The summed E-state index contributed by atoms with van der Waals surface area (Å²) in [6.07, 6.45) is 1.33. The van der Waals surface area contributed by atoms with Crippen molar-refractivity contribution >= 4 is 17.2 Å². The number of carbonyl (C=O) groups excluding carboxylic acids is 1. The Bertz CT molecular complexity index is 427. The third kappa shape index (κ3) is 3.08. The molecule has 16 heavy (non-hydrogen) atoms. The normalized spacial score (nSPS) is 11.3. The Balaban J connectivity index is 2.91. The van der Waals surface area contributed by atoms with E-state index >= 15 is 0 Å². The number of esters is 1. The van der Waals surface area contributed by atoms with Crippen LogP contribution in [0.25, 0.3) is 5.57 Å². The number of rotatable bonds is 3. The van der Waals surface area contributed by atoms with Crippen LogP contribution in [0.1, 0.15) is 19.4 Å². The Morgan fingerprint density at radius 1 is 1.56 bits per heavy atom. The molecule has 4 heteroatoms. The largest absolute Gasteiger partial charge is 0.463 e. The molecule has 0 atom stereocenters. The van der Waals surface area contributed by atoms with Gasteiger partial charge in [0.25, 0.3) is 0 Å². The number of nitrogens with two attached hydrogens (primary N) is 1. The zero-order chi connectivity index (χ0) is 12.1. The van der Waals surface area contributed by atoms with Crippen molar-refractivity contribution in [3.05, 3.63) is 35.7 Å². The number of benzene rings is 1. The van der Waals surface area contributed by atoms with Crippen LogP contribution in [0.2, 0.25) is 0 Å². The van der Waals surface area contributed by atoms with Crippen LogP contribution in [0.3, 0.4) is 0 Å². The summed E-state index contributed by atoms with van der Waals surface area (Å²) in [5.41, 5.74) is 6.69. The minimum atomic E-state index is -0.492. The fraction of sp³-hybridized carbons (Fsp3) is 0.250. The van der Waals surface area contributed by atoms with E-state index in [0.29, 0.717) is 17.7 Å². The van der Waals surface area contributed by atoms with Crippen LogP contribution >= 0.6 is 0 Å². The number of allylic oxidation sites excluding steroid dienone is 1. The third-order valence-electron chi connectivity index (χ3n) is 2.08. The number of nitrogen functional groups attached to an aromatic ring is 1. The average molecular weight is 223 g/mol. The van der Waals surface area contributed by atoms with Crippen molar-refractivity contribution in [2.45, 2.75) is 13.8 Å². The zero-order valence-electron chi connectivity index (χ0n) is 9.29. The van der Waals surface area contributed by atoms with E-state index in [2.05, 4.69) is 0 Å². The molecule has 0 aliphatic heterocycles. The lowest BCUT2D eigenvalue weighted by Gasteiger charge is -2.03. The van der Waals surface area contributed by atoms with Crippen LogP contribution in [-0.2, 0) is 9.53 Å². The molecule has 0 unspecified atom stereocenters. The van der Waals surface area contributed by atoms with Gasteiger partial charge in [-0.05, 0) is 37.1 Å². The highest BCUT2D eigenvalue weighted by molar-refractivity contribution is 5.90. The molecule has 0 saturated heterocycles. The van der Waals surface area contributed by atoms with Gasteiger partial charge < -0.3 is 10.5 Å². The molecule has 0 spiro atoms. The second-order valence-corrected chi connectivity index (χ2v) is 3.32. The molecule has 3 nitrogen and oxygen atoms in total. The predicted octanol–water partition coefficient (Wildman–Crippen LogP) is 2.37. The first-order valence-electron chi connectivity index (χ1n) is 4.95. The molecule has 1 rings (SSSR count). The Labute approximate surface area is 93.7 Å². The van der Waals surface area contributed by atoms with Gasteiger partial charge in [-0.15, -0.1) is 0 Å². The second kappa shape index (κ2) is 5.30. The number of anilines is 1. The summed E-state index contributed by atoms with van der Waals surface area (Å²) in [7, 11) is 0. The number of carbonyl (C=O) groups is 1. The van der Waals surface area contributed by atoms with Crippen LogP contribution in [0.5, 0.6) is 0 Å². The molecule has 2 N–H and O–H groups in total. The first-order valence-corrected chi connectivity index (χ1v) is 4.95. The SMILES string of the molecule is CCOC(=O)C=C(C)c1ccc(N)c(F)c1. The van der Waals surface area contributed by atoms with Crippen LogP contribution in [0.15, 0.2) is 24.3 Å². The Morgan fingerprint density at radius 3 is 2.81 bits per heavy atom. The minimum absolute atomic E-state index is 0.0904. The maximum absolute atomic E-state index is 13.2. The maximum Gasteiger partial charge on any atom is 0.331 e. The van der Waals surface area contributed by atoms with Gasteiger partial charge in [0.2, 0.25) is 0 Å². The minimum Gasteiger partial charge on any atom is -0.463 e.